The van der Waals surface area contributed by atoms with Gasteiger partial charge in [0.25, 0.3) is 0 Å². The molecule has 0 atom stereocenters. The summed E-state index contributed by atoms with van der Waals surface area (Å²) in [6, 6.07) is 6.63. The Morgan fingerprint density at radius 1 is 1.21 bits per heavy atom. The molecule has 2 rings (SSSR count). The van der Waals surface area contributed by atoms with Crippen LogP contribution in [0.1, 0.15) is 17.0 Å². The molecule has 0 aliphatic carbocycles. The highest BCUT2D eigenvalue weighted by molar-refractivity contribution is 7.89. The molecule has 0 spiro atoms. The maximum Gasteiger partial charge on any atom is 0.240 e. The van der Waals surface area contributed by atoms with Crippen molar-refractivity contribution in [2.75, 3.05) is 0 Å². The van der Waals surface area contributed by atoms with Gasteiger partial charge >= 0.3 is 0 Å². The standard InChI is InChI=1S/C13H15FN2O2S/c1-9-7-11(10(2)16-9)8-15-19(17,18)13-5-3-12(14)4-6-13/h3-7,15-16H,8H2,1-2H3. The number of benzene rings is 1. The lowest BCUT2D eigenvalue weighted by atomic mass is 10.2. The summed E-state index contributed by atoms with van der Waals surface area (Å²) in [5.41, 5.74) is 2.80. The van der Waals surface area contributed by atoms with Crippen molar-refractivity contribution in [3.05, 3.63) is 53.1 Å². The highest BCUT2D eigenvalue weighted by atomic mass is 32.2. The molecule has 4 nitrogen and oxygen atoms in total. The summed E-state index contributed by atoms with van der Waals surface area (Å²) in [7, 11) is -3.61. The Kier molecular flexibility index (Phi) is 3.73. The van der Waals surface area contributed by atoms with Crippen molar-refractivity contribution in [3.8, 4) is 0 Å². The number of hydrogen-bond donors (Lipinski definition) is 2. The van der Waals surface area contributed by atoms with E-state index in [2.05, 4.69) is 9.71 Å². The first-order chi connectivity index (χ1) is 8.88. The van der Waals surface area contributed by atoms with E-state index in [9.17, 15) is 12.8 Å². The normalized spacial score (nSPS) is 11.7. The van der Waals surface area contributed by atoms with Crippen LogP contribution in [0, 0.1) is 19.7 Å². The summed E-state index contributed by atoms with van der Waals surface area (Å²) in [6.45, 7) is 4.00. The number of aromatic amines is 1. The minimum Gasteiger partial charge on any atom is -0.362 e. The fourth-order valence-corrected chi connectivity index (χ4v) is 2.84. The van der Waals surface area contributed by atoms with E-state index in [4.69, 9.17) is 0 Å². The van der Waals surface area contributed by atoms with Crippen LogP contribution in [0.15, 0.2) is 35.2 Å². The van der Waals surface area contributed by atoms with Gasteiger partial charge in [-0.25, -0.2) is 17.5 Å². The van der Waals surface area contributed by atoms with Crippen molar-refractivity contribution < 1.29 is 12.8 Å². The van der Waals surface area contributed by atoms with Gasteiger partial charge in [-0.3, -0.25) is 0 Å². The average Bonchev–Trinajstić information content (AvgIpc) is 2.66. The van der Waals surface area contributed by atoms with Gasteiger partial charge in [0, 0.05) is 17.9 Å². The molecule has 0 bridgehead atoms. The van der Waals surface area contributed by atoms with Crippen LogP contribution < -0.4 is 4.72 Å². The van der Waals surface area contributed by atoms with Gasteiger partial charge in [-0.1, -0.05) is 0 Å². The Bertz CT molecular complexity index is 675. The first-order valence-corrected chi connectivity index (χ1v) is 7.27. The van der Waals surface area contributed by atoms with Crippen LogP contribution in [0.25, 0.3) is 0 Å². The monoisotopic (exact) mass is 282 g/mol. The maximum atomic E-state index is 12.8. The Morgan fingerprint density at radius 2 is 1.84 bits per heavy atom. The highest BCUT2D eigenvalue weighted by Crippen LogP contribution is 2.13. The molecular formula is C13H15FN2O2S. The van der Waals surface area contributed by atoms with Gasteiger partial charge in [-0.15, -0.1) is 0 Å². The largest absolute Gasteiger partial charge is 0.362 e. The number of nitrogens with one attached hydrogen (secondary N) is 2. The molecule has 0 aliphatic rings. The number of hydrogen-bond acceptors (Lipinski definition) is 2. The van der Waals surface area contributed by atoms with E-state index in [0.29, 0.717) is 0 Å². The van der Waals surface area contributed by atoms with E-state index < -0.39 is 15.8 Å². The van der Waals surface area contributed by atoms with E-state index in [-0.39, 0.29) is 11.4 Å². The van der Waals surface area contributed by atoms with Crippen LogP contribution in [-0.2, 0) is 16.6 Å². The first-order valence-electron chi connectivity index (χ1n) is 5.79. The molecule has 0 amide bonds. The lowest BCUT2D eigenvalue weighted by molar-refractivity contribution is 0.580. The third-order valence-corrected chi connectivity index (χ3v) is 4.25. The van der Waals surface area contributed by atoms with Gasteiger partial charge in [0.05, 0.1) is 4.90 Å². The topological polar surface area (TPSA) is 62.0 Å². The van der Waals surface area contributed by atoms with E-state index in [0.717, 1.165) is 29.1 Å². The predicted octanol–water partition coefficient (Wildman–Crippen LogP) is 2.25. The van der Waals surface area contributed by atoms with Gasteiger partial charge in [0.2, 0.25) is 10.0 Å². The molecule has 1 aromatic heterocycles. The van der Waals surface area contributed by atoms with Gasteiger partial charge in [-0.05, 0) is 49.7 Å². The summed E-state index contributed by atoms with van der Waals surface area (Å²) in [6.07, 6.45) is 0. The third-order valence-electron chi connectivity index (χ3n) is 2.83. The molecule has 0 radical (unpaired) electrons. The molecule has 0 saturated heterocycles. The van der Waals surface area contributed by atoms with E-state index in [1.807, 2.05) is 19.9 Å². The van der Waals surface area contributed by atoms with Crippen molar-refractivity contribution in [1.82, 2.24) is 9.71 Å². The Labute approximate surface area is 111 Å². The van der Waals surface area contributed by atoms with Gasteiger partial charge in [0.1, 0.15) is 5.82 Å². The van der Waals surface area contributed by atoms with Gasteiger partial charge in [-0.2, -0.15) is 0 Å². The number of rotatable bonds is 4. The smallest absolute Gasteiger partial charge is 0.240 e. The summed E-state index contributed by atoms with van der Waals surface area (Å²) < 4.78 is 39.2. The minimum absolute atomic E-state index is 0.0545. The Hall–Kier alpha value is -1.66. The van der Waals surface area contributed by atoms with Crippen LogP contribution in [0.3, 0.4) is 0 Å². The first kappa shape index (κ1) is 13.8. The number of H-pyrrole nitrogens is 1. The molecule has 0 unspecified atom stereocenters. The average molecular weight is 282 g/mol. The van der Waals surface area contributed by atoms with Crippen LogP contribution in [0.5, 0.6) is 0 Å². The van der Waals surface area contributed by atoms with Crippen molar-refractivity contribution in [1.29, 1.82) is 0 Å². The summed E-state index contributed by atoms with van der Waals surface area (Å²) >= 11 is 0. The van der Waals surface area contributed by atoms with Crippen LogP contribution in [-0.4, -0.2) is 13.4 Å². The fourth-order valence-electron chi connectivity index (χ4n) is 1.84. The second kappa shape index (κ2) is 5.14. The predicted molar refractivity (Wildman–Crippen MR) is 70.7 cm³/mol. The van der Waals surface area contributed by atoms with E-state index in [1.165, 1.54) is 12.1 Å². The second-order valence-electron chi connectivity index (χ2n) is 4.38. The van der Waals surface area contributed by atoms with Gasteiger partial charge < -0.3 is 4.98 Å². The zero-order valence-electron chi connectivity index (χ0n) is 10.7. The van der Waals surface area contributed by atoms with Crippen molar-refractivity contribution in [3.63, 3.8) is 0 Å². The quantitative estimate of drug-likeness (QED) is 0.903. The zero-order valence-corrected chi connectivity index (χ0v) is 11.5. The summed E-state index contributed by atoms with van der Waals surface area (Å²) in [5, 5.41) is 0. The van der Waals surface area contributed by atoms with Gasteiger partial charge in [0.15, 0.2) is 0 Å². The summed E-state index contributed by atoms with van der Waals surface area (Å²) in [5.74, 6) is -0.462. The molecule has 0 fully saturated rings. The SMILES string of the molecule is Cc1cc(CNS(=O)(=O)c2ccc(F)cc2)c(C)[nH]1. The molecule has 0 aliphatic heterocycles. The highest BCUT2D eigenvalue weighted by Gasteiger charge is 2.14. The minimum atomic E-state index is -3.61. The Morgan fingerprint density at radius 3 is 2.37 bits per heavy atom. The Balaban J connectivity index is 2.14. The number of sulfonamides is 1. The third kappa shape index (κ3) is 3.21. The van der Waals surface area contributed by atoms with Crippen molar-refractivity contribution in [2.24, 2.45) is 0 Å². The van der Waals surface area contributed by atoms with Crippen LogP contribution in [0.4, 0.5) is 4.39 Å². The van der Waals surface area contributed by atoms with E-state index in [1.54, 1.807) is 0 Å². The molecule has 1 heterocycles. The molecular weight excluding hydrogens is 267 g/mol. The lowest BCUT2D eigenvalue weighted by Crippen LogP contribution is -2.23. The maximum absolute atomic E-state index is 12.8. The number of aryl methyl sites for hydroxylation is 2. The van der Waals surface area contributed by atoms with Crippen LogP contribution >= 0.6 is 0 Å². The summed E-state index contributed by atoms with van der Waals surface area (Å²) in [4.78, 5) is 3.16. The molecule has 102 valence electrons. The lowest BCUT2D eigenvalue weighted by Gasteiger charge is -2.06. The van der Waals surface area contributed by atoms with E-state index >= 15 is 0 Å². The molecule has 6 heteroatoms. The van der Waals surface area contributed by atoms with Crippen molar-refractivity contribution in [2.45, 2.75) is 25.3 Å². The number of aromatic nitrogens is 1. The number of halogens is 1. The van der Waals surface area contributed by atoms with Crippen molar-refractivity contribution >= 4 is 10.0 Å². The molecule has 1 aromatic carbocycles. The molecule has 19 heavy (non-hydrogen) atoms. The second-order valence-corrected chi connectivity index (χ2v) is 6.15. The zero-order chi connectivity index (χ0) is 14.0. The fraction of sp³-hybridized carbons (Fsp3) is 0.231. The molecule has 0 saturated carbocycles. The van der Waals surface area contributed by atoms with Crippen LogP contribution in [0.2, 0.25) is 0 Å². The molecule has 2 aromatic rings. The molecule has 2 N–H and O–H groups in total.